The molecule has 7 nitrogen and oxygen atoms in total. The molecule has 1 atom stereocenters. The third kappa shape index (κ3) is 2.90. The topological polar surface area (TPSA) is 79.2 Å². The molecule has 3 aromatic rings. The maximum Gasteiger partial charge on any atom is 0.233 e. The first-order valence-corrected chi connectivity index (χ1v) is 8.73. The van der Waals surface area contributed by atoms with Crippen molar-refractivity contribution >= 4 is 11.7 Å². The number of amides is 1. The number of aromatic amines is 1. The molecule has 1 aliphatic heterocycles. The van der Waals surface area contributed by atoms with Gasteiger partial charge in [-0.3, -0.25) is 14.3 Å². The molecule has 4 rings (SSSR count). The second-order valence-corrected chi connectivity index (χ2v) is 6.67. The molecule has 1 fully saturated rings. The van der Waals surface area contributed by atoms with E-state index in [0.29, 0.717) is 12.2 Å². The molecule has 25 heavy (non-hydrogen) atoms. The van der Waals surface area contributed by atoms with Crippen molar-refractivity contribution in [3.8, 4) is 0 Å². The zero-order chi connectivity index (χ0) is 17.4. The van der Waals surface area contributed by atoms with E-state index >= 15 is 0 Å². The summed E-state index contributed by atoms with van der Waals surface area (Å²) in [5.41, 5.74) is 3.80. The SMILES string of the molecule is Cc1n[nH]c(C)c1CC(=O)N1CCCC[C@@H]1c1ccn2ccnc2n1. The van der Waals surface area contributed by atoms with Gasteiger partial charge >= 0.3 is 0 Å². The molecule has 0 unspecified atom stereocenters. The Labute approximate surface area is 146 Å². The number of nitrogens with zero attached hydrogens (tertiary/aromatic N) is 5. The number of fused-ring (bicyclic) bond motifs is 1. The average molecular weight is 338 g/mol. The Balaban J connectivity index is 1.61. The van der Waals surface area contributed by atoms with Crippen molar-refractivity contribution in [2.24, 2.45) is 0 Å². The molecule has 7 heteroatoms. The van der Waals surface area contributed by atoms with E-state index in [4.69, 9.17) is 0 Å². The average Bonchev–Trinajstić information content (AvgIpc) is 3.22. The van der Waals surface area contributed by atoms with Gasteiger partial charge < -0.3 is 4.90 Å². The van der Waals surface area contributed by atoms with Crippen LogP contribution in [0.2, 0.25) is 0 Å². The normalized spacial score (nSPS) is 18.0. The highest BCUT2D eigenvalue weighted by Gasteiger charge is 2.29. The van der Waals surface area contributed by atoms with E-state index in [2.05, 4.69) is 20.2 Å². The van der Waals surface area contributed by atoms with Crippen LogP contribution in [0.15, 0.2) is 24.7 Å². The third-order valence-electron chi connectivity index (χ3n) is 5.06. The van der Waals surface area contributed by atoms with Crippen LogP contribution in [-0.4, -0.2) is 41.9 Å². The minimum absolute atomic E-state index is 0.0236. The Morgan fingerprint density at radius 2 is 2.20 bits per heavy atom. The second kappa shape index (κ2) is 6.31. The zero-order valence-corrected chi connectivity index (χ0v) is 14.6. The summed E-state index contributed by atoms with van der Waals surface area (Å²) in [6, 6.07) is 2.02. The van der Waals surface area contributed by atoms with E-state index in [9.17, 15) is 4.79 Å². The summed E-state index contributed by atoms with van der Waals surface area (Å²) in [5, 5.41) is 7.16. The molecular weight excluding hydrogens is 316 g/mol. The van der Waals surface area contributed by atoms with Gasteiger partial charge in [0.05, 0.1) is 23.9 Å². The van der Waals surface area contributed by atoms with Crippen LogP contribution in [0.4, 0.5) is 0 Å². The monoisotopic (exact) mass is 338 g/mol. The van der Waals surface area contributed by atoms with Crippen LogP contribution in [0.3, 0.4) is 0 Å². The summed E-state index contributed by atoms with van der Waals surface area (Å²) >= 11 is 0. The first kappa shape index (κ1) is 15.8. The van der Waals surface area contributed by atoms with Crippen LogP contribution in [0.25, 0.3) is 5.78 Å². The predicted octanol–water partition coefficient (Wildman–Crippen LogP) is 2.37. The smallest absolute Gasteiger partial charge is 0.233 e. The number of nitrogens with one attached hydrogen (secondary N) is 1. The number of hydrogen-bond acceptors (Lipinski definition) is 4. The number of hydrogen-bond donors (Lipinski definition) is 1. The molecule has 0 spiro atoms. The first-order chi connectivity index (χ1) is 12.1. The third-order valence-corrected chi connectivity index (χ3v) is 5.06. The number of piperidine rings is 1. The fourth-order valence-corrected chi connectivity index (χ4v) is 3.63. The number of aryl methyl sites for hydroxylation is 2. The lowest BCUT2D eigenvalue weighted by Crippen LogP contribution is -2.39. The fourth-order valence-electron chi connectivity index (χ4n) is 3.63. The summed E-state index contributed by atoms with van der Waals surface area (Å²) in [5.74, 6) is 0.819. The minimum Gasteiger partial charge on any atom is -0.334 e. The lowest BCUT2D eigenvalue weighted by Gasteiger charge is -2.35. The Morgan fingerprint density at radius 3 is 3.00 bits per heavy atom. The minimum atomic E-state index is 0.0236. The Bertz CT molecular complexity index is 892. The fraction of sp³-hybridized carbons (Fsp3) is 0.444. The summed E-state index contributed by atoms with van der Waals surface area (Å²) in [7, 11) is 0. The van der Waals surface area contributed by atoms with Crippen LogP contribution < -0.4 is 0 Å². The Kier molecular flexibility index (Phi) is 3.99. The molecule has 0 saturated carbocycles. The van der Waals surface area contributed by atoms with Gasteiger partial charge in [-0.1, -0.05) is 0 Å². The van der Waals surface area contributed by atoms with Gasteiger partial charge in [0.15, 0.2) is 0 Å². The van der Waals surface area contributed by atoms with Crippen LogP contribution >= 0.6 is 0 Å². The largest absolute Gasteiger partial charge is 0.334 e. The molecule has 0 bridgehead atoms. The van der Waals surface area contributed by atoms with Crippen LogP contribution in [-0.2, 0) is 11.2 Å². The van der Waals surface area contributed by atoms with E-state index in [1.54, 1.807) is 6.20 Å². The molecule has 4 heterocycles. The summed E-state index contributed by atoms with van der Waals surface area (Å²) in [6.07, 6.45) is 9.05. The molecule has 0 aliphatic carbocycles. The number of carbonyl (C=O) groups excluding carboxylic acids is 1. The van der Waals surface area contributed by atoms with Crippen molar-refractivity contribution in [3.63, 3.8) is 0 Å². The highest BCUT2D eigenvalue weighted by molar-refractivity contribution is 5.79. The number of imidazole rings is 1. The quantitative estimate of drug-likeness (QED) is 0.795. The maximum absolute atomic E-state index is 13.0. The standard InChI is InChI=1S/C18H22N6O/c1-12-14(13(2)22-21-12)11-17(25)24-8-4-3-5-16(24)15-6-9-23-10-7-19-18(23)20-15/h6-7,9-10,16H,3-5,8,11H2,1-2H3,(H,21,22)/t16-/m1/s1. The van der Waals surface area contributed by atoms with E-state index in [-0.39, 0.29) is 11.9 Å². The van der Waals surface area contributed by atoms with Crippen molar-refractivity contribution < 1.29 is 4.79 Å². The highest BCUT2D eigenvalue weighted by Crippen LogP contribution is 2.30. The van der Waals surface area contributed by atoms with Crippen molar-refractivity contribution in [3.05, 3.63) is 47.3 Å². The molecule has 130 valence electrons. The Hall–Kier alpha value is -2.70. The molecular formula is C18H22N6O. The van der Waals surface area contributed by atoms with Gasteiger partial charge in [0.25, 0.3) is 0 Å². The van der Waals surface area contributed by atoms with Crippen molar-refractivity contribution in [2.45, 2.75) is 45.6 Å². The predicted molar refractivity (Wildman–Crippen MR) is 93.1 cm³/mol. The number of carbonyl (C=O) groups is 1. The van der Waals surface area contributed by atoms with Crippen molar-refractivity contribution in [1.82, 2.24) is 29.5 Å². The number of H-pyrrole nitrogens is 1. The Morgan fingerprint density at radius 1 is 1.32 bits per heavy atom. The zero-order valence-electron chi connectivity index (χ0n) is 14.6. The van der Waals surface area contributed by atoms with Gasteiger partial charge in [-0.05, 0) is 39.2 Å². The van der Waals surface area contributed by atoms with Crippen molar-refractivity contribution in [1.29, 1.82) is 0 Å². The second-order valence-electron chi connectivity index (χ2n) is 6.67. The summed E-state index contributed by atoms with van der Waals surface area (Å²) < 4.78 is 1.89. The van der Waals surface area contributed by atoms with Crippen LogP contribution in [0, 0.1) is 13.8 Å². The molecule has 0 radical (unpaired) electrons. The van der Waals surface area contributed by atoms with Gasteiger partial charge in [-0.2, -0.15) is 5.10 Å². The molecule has 3 aromatic heterocycles. The summed E-state index contributed by atoms with van der Waals surface area (Å²) in [4.78, 5) is 23.9. The number of aromatic nitrogens is 5. The number of rotatable bonds is 3. The molecule has 1 N–H and O–H groups in total. The number of likely N-dealkylation sites (tertiary alicyclic amines) is 1. The van der Waals surface area contributed by atoms with E-state index in [1.807, 2.05) is 41.6 Å². The van der Waals surface area contributed by atoms with Gasteiger partial charge in [-0.15, -0.1) is 0 Å². The first-order valence-electron chi connectivity index (χ1n) is 8.73. The van der Waals surface area contributed by atoms with Crippen LogP contribution in [0.1, 0.15) is 47.9 Å². The van der Waals surface area contributed by atoms with E-state index < -0.39 is 0 Å². The van der Waals surface area contributed by atoms with E-state index in [0.717, 1.165) is 48.5 Å². The van der Waals surface area contributed by atoms with Gasteiger partial charge in [0.2, 0.25) is 11.7 Å². The van der Waals surface area contributed by atoms with Gasteiger partial charge in [-0.25, -0.2) is 9.97 Å². The van der Waals surface area contributed by atoms with Crippen molar-refractivity contribution in [2.75, 3.05) is 6.54 Å². The van der Waals surface area contributed by atoms with E-state index in [1.165, 1.54) is 0 Å². The lowest BCUT2D eigenvalue weighted by atomic mass is 9.97. The molecule has 1 aliphatic rings. The maximum atomic E-state index is 13.0. The highest BCUT2D eigenvalue weighted by atomic mass is 16.2. The lowest BCUT2D eigenvalue weighted by molar-refractivity contribution is -0.134. The molecule has 0 aromatic carbocycles. The van der Waals surface area contributed by atoms with Gasteiger partial charge in [0.1, 0.15) is 0 Å². The molecule has 1 amide bonds. The van der Waals surface area contributed by atoms with Gasteiger partial charge in [0, 0.05) is 36.4 Å². The molecule has 1 saturated heterocycles. The summed E-state index contributed by atoms with van der Waals surface area (Å²) in [6.45, 7) is 4.68. The van der Waals surface area contributed by atoms with Crippen LogP contribution in [0.5, 0.6) is 0 Å².